The lowest BCUT2D eigenvalue weighted by Gasteiger charge is -2.47. The van der Waals surface area contributed by atoms with E-state index in [2.05, 4.69) is 4.98 Å². The van der Waals surface area contributed by atoms with Gasteiger partial charge in [0.2, 0.25) is 5.91 Å². The normalized spacial score (nSPS) is 27.2. The summed E-state index contributed by atoms with van der Waals surface area (Å²) in [4.78, 5) is 32.8. The fourth-order valence-corrected chi connectivity index (χ4v) is 7.83. The summed E-state index contributed by atoms with van der Waals surface area (Å²) >= 11 is 8.81. The van der Waals surface area contributed by atoms with Crippen molar-refractivity contribution in [2.45, 2.75) is 38.3 Å². The maximum atomic E-state index is 12.7. The van der Waals surface area contributed by atoms with Gasteiger partial charge in [0.1, 0.15) is 10.0 Å². The highest BCUT2D eigenvalue weighted by Gasteiger charge is 2.62. The number of para-hydroxylation sites is 1. The number of amides is 1. The van der Waals surface area contributed by atoms with Crippen LogP contribution in [0.4, 0.5) is 5.13 Å². The van der Waals surface area contributed by atoms with Crippen molar-refractivity contribution in [1.29, 1.82) is 0 Å². The minimum atomic E-state index is -1.05. The van der Waals surface area contributed by atoms with Crippen LogP contribution < -0.4 is 4.90 Å². The minimum Gasteiger partial charge on any atom is -0.477 e. The van der Waals surface area contributed by atoms with E-state index in [9.17, 15) is 19.8 Å². The number of carboxylic acids is 1. The van der Waals surface area contributed by atoms with E-state index in [0.717, 1.165) is 40.2 Å². The number of β-lactam (4-membered cyclic amide) rings is 1. The quantitative estimate of drug-likeness (QED) is 0.471. The number of thiocarbonyl (C=S) groups is 1. The number of aromatic nitrogens is 1. The molecule has 0 spiro atoms. The fraction of sp³-hybridized carbons (Fsp3) is 0.478. The Hall–Kier alpha value is -2.01. The number of benzene rings is 1. The topological polar surface area (TPSA) is 94.0 Å². The average molecular weight is 504 g/mol. The molecule has 2 aromatic rings. The summed E-state index contributed by atoms with van der Waals surface area (Å²) in [6.07, 6.45) is 1.91. The number of thiazole rings is 1. The molecule has 1 saturated heterocycles. The molecule has 1 amide bonds. The first-order valence-corrected chi connectivity index (χ1v) is 13.2. The number of carbonyl (C=O) groups excluding carboxylic acids is 1. The van der Waals surface area contributed by atoms with Gasteiger partial charge in [-0.15, -0.1) is 0 Å². The number of hydrogen-bond donors (Lipinski definition) is 2. The Morgan fingerprint density at radius 2 is 2.15 bits per heavy atom. The second-order valence-corrected chi connectivity index (χ2v) is 11.6. The van der Waals surface area contributed by atoms with Crippen LogP contribution in [0.25, 0.3) is 10.2 Å². The van der Waals surface area contributed by atoms with Gasteiger partial charge in [-0.25, -0.2) is 9.78 Å². The molecule has 0 unspecified atom stereocenters. The van der Waals surface area contributed by atoms with E-state index in [4.69, 9.17) is 12.2 Å². The standard InChI is InChI=1S/C23H25N3O4S3/c1-11(27)16-18-13-7-5-6-12(17(13)19(21(29)30)26(18)20(16)28)10-32-23(31)25(2)22-24-14-8-3-4-9-15(14)33-22/h3-4,8-9,11-13,16,18,27H,5-7,10H2,1-2H3,(H,29,30)/t11-,12+,13+,16-,18-/m1/s1. The monoisotopic (exact) mass is 503 g/mol. The second kappa shape index (κ2) is 8.65. The van der Waals surface area contributed by atoms with Gasteiger partial charge in [-0.3, -0.25) is 4.79 Å². The number of anilines is 1. The summed E-state index contributed by atoms with van der Waals surface area (Å²) in [5, 5.41) is 20.9. The number of aliphatic hydroxyl groups is 1. The summed E-state index contributed by atoms with van der Waals surface area (Å²) in [5.74, 6) is -1.14. The van der Waals surface area contributed by atoms with E-state index >= 15 is 0 Å². The third-order valence-electron chi connectivity index (χ3n) is 7.00. The number of carboxylic acid groups (broad SMARTS) is 1. The lowest BCUT2D eigenvalue weighted by molar-refractivity contribution is -0.163. The highest BCUT2D eigenvalue weighted by atomic mass is 32.2. The van der Waals surface area contributed by atoms with Crippen molar-refractivity contribution < 1.29 is 19.8 Å². The SMILES string of the molecule is C[C@@H](O)[C@H]1C(=O)N2C(C(=O)O)=C3[C@H](CSC(=S)N(C)c4nc5ccccc5s4)CCC[C@@H]3[C@H]12. The molecule has 1 aromatic heterocycles. The second-order valence-electron chi connectivity index (χ2n) is 8.91. The van der Waals surface area contributed by atoms with E-state index in [1.54, 1.807) is 18.3 Å². The van der Waals surface area contributed by atoms with Gasteiger partial charge in [-0.2, -0.15) is 0 Å². The molecular formula is C23H25N3O4S3. The Labute approximate surface area is 205 Å². The van der Waals surface area contributed by atoms with E-state index in [-0.39, 0.29) is 29.5 Å². The zero-order chi connectivity index (χ0) is 23.4. The van der Waals surface area contributed by atoms with Crippen LogP contribution in [-0.2, 0) is 9.59 Å². The summed E-state index contributed by atoms with van der Waals surface area (Å²) in [6, 6.07) is 7.73. The van der Waals surface area contributed by atoms with Crippen LogP contribution in [0.3, 0.4) is 0 Å². The third-order valence-corrected chi connectivity index (χ3v) is 9.83. The highest BCUT2D eigenvalue weighted by molar-refractivity contribution is 8.23. The Morgan fingerprint density at radius 3 is 2.85 bits per heavy atom. The van der Waals surface area contributed by atoms with Crippen molar-refractivity contribution in [3.8, 4) is 0 Å². The summed E-state index contributed by atoms with van der Waals surface area (Å²) in [5.41, 5.74) is 1.95. The first-order valence-electron chi connectivity index (χ1n) is 11.0. The summed E-state index contributed by atoms with van der Waals surface area (Å²) in [6.45, 7) is 1.62. The number of carbonyl (C=O) groups is 2. The zero-order valence-electron chi connectivity index (χ0n) is 18.3. The van der Waals surface area contributed by atoms with Gasteiger partial charge in [-0.1, -0.05) is 53.9 Å². The Balaban J connectivity index is 1.34. The number of thioether (sulfide) groups is 1. The van der Waals surface area contributed by atoms with E-state index in [1.807, 2.05) is 36.2 Å². The molecule has 33 heavy (non-hydrogen) atoms. The molecule has 174 valence electrons. The van der Waals surface area contributed by atoms with E-state index in [1.165, 1.54) is 16.7 Å². The molecular weight excluding hydrogens is 478 g/mol. The molecule has 1 saturated carbocycles. The average Bonchev–Trinajstić information content (AvgIpc) is 3.34. The molecule has 2 aliphatic heterocycles. The molecule has 5 rings (SSSR count). The van der Waals surface area contributed by atoms with Gasteiger partial charge in [0.05, 0.1) is 28.3 Å². The number of rotatable bonds is 5. The van der Waals surface area contributed by atoms with Crippen molar-refractivity contribution >= 4 is 66.9 Å². The summed E-state index contributed by atoms with van der Waals surface area (Å²) in [7, 11) is 1.91. The van der Waals surface area contributed by atoms with Gasteiger partial charge in [0.15, 0.2) is 5.13 Å². The first kappa shape index (κ1) is 22.8. The van der Waals surface area contributed by atoms with Crippen molar-refractivity contribution in [2.75, 3.05) is 17.7 Å². The van der Waals surface area contributed by atoms with Crippen LogP contribution in [-0.4, -0.2) is 61.2 Å². The van der Waals surface area contributed by atoms with Crippen molar-refractivity contribution in [2.24, 2.45) is 17.8 Å². The molecule has 0 bridgehead atoms. The Bertz CT molecular complexity index is 1140. The Kier molecular flexibility index (Phi) is 5.97. The van der Waals surface area contributed by atoms with Crippen LogP contribution >= 0.6 is 35.3 Å². The largest absolute Gasteiger partial charge is 0.477 e. The van der Waals surface area contributed by atoms with Crippen molar-refractivity contribution in [3.63, 3.8) is 0 Å². The smallest absolute Gasteiger partial charge is 0.352 e. The number of aliphatic hydroxyl groups excluding tert-OH is 1. The highest BCUT2D eigenvalue weighted by Crippen LogP contribution is 2.54. The van der Waals surface area contributed by atoms with Crippen molar-refractivity contribution in [1.82, 2.24) is 9.88 Å². The minimum absolute atomic E-state index is 0.00307. The van der Waals surface area contributed by atoms with Gasteiger partial charge in [-0.05, 0) is 43.4 Å². The molecule has 2 fully saturated rings. The van der Waals surface area contributed by atoms with Gasteiger partial charge in [0, 0.05) is 18.7 Å². The fourth-order valence-electron chi connectivity index (χ4n) is 5.52. The van der Waals surface area contributed by atoms with Crippen LogP contribution in [0.1, 0.15) is 26.2 Å². The predicted molar refractivity (Wildman–Crippen MR) is 134 cm³/mol. The van der Waals surface area contributed by atoms with Crippen LogP contribution in [0.15, 0.2) is 35.5 Å². The molecule has 3 heterocycles. The van der Waals surface area contributed by atoms with Crippen molar-refractivity contribution in [3.05, 3.63) is 35.5 Å². The van der Waals surface area contributed by atoms with Crippen LogP contribution in [0.5, 0.6) is 0 Å². The lowest BCUT2D eigenvalue weighted by Crippen LogP contribution is -2.64. The molecule has 0 radical (unpaired) electrons. The molecule has 7 nitrogen and oxygen atoms in total. The van der Waals surface area contributed by atoms with Crippen LogP contribution in [0.2, 0.25) is 0 Å². The molecule has 3 aliphatic rings. The maximum absolute atomic E-state index is 12.7. The van der Waals surface area contributed by atoms with Gasteiger partial charge < -0.3 is 20.0 Å². The summed E-state index contributed by atoms with van der Waals surface area (Å²) < 4.78 is 1.79. The first-order chi connectivity index (χ1) is 15.8. The van der Waals surface area contributed by atoms with E-state index in [0.29, 0.717) is 10.1 Å². The molecule has 1 aliphatic carbocycles. The third kappa shape index (κ3) is 3.67. The number of fused-ring (bicyclic) bond motifs is 4. The maximum Gasteiger partial charge on any atom is 0.352 e. The van der Waals surface area contributed by atoms with E-state index < -0.39 is 18.0 Å². The Morgan fingerprint density at radius 1 is 1.39 bits per heavy atom. The predicted octanol–water partition coefficient (Wildman–Crippen LogP) is 3.73. The number of hydrogen-bond acceptors (Lipinski definition) is 7. The number of aliphatic carboxylic acids is 1. The molecule has 1 aromatic carbocycles. The van der Waals surface area contributed by atoms with Gasteiger partial charge in [0.25, 0.3) is 0 Å². The van der Waals surface area contributed by atoms with Gasteiger partial charge >= 0.3 is 5.97 Å². The lowest BCUT2D eigenvalue weighted by atomic mass is 9.70. The zero-order valence-corrected chi connectivity index (χ0v) is 20.8. The number of nitrogens with zero attached hydrogens (tertiary/aromatic N) is 3. The molecule has 5 atom stereocenters. The molecule has 10 heteroatoms. The molecule has 2 N–H and O–H groups in total. The van der Waals surface area contributed by atoms with Crippen LogP contribution in [0, 0.1) is 17.8 Å².